The van der Waals surface area contributed by atoms with Gasteiger partial charge in [-0.05, 0) is 49.1 Å². The summed E-state index contributed by atoms with van der Waals surface area (Å²) in [7, 11) is 1.78. The molecule has 0 radical (unpaired) electrons. The lowest BCUT2D eigenvalue weighted by molar-refractivity contribution is 0.174. The van der Waals surface area contributed by atoms with E-state index >= 15 is 0 Å². The number of benzene rings is 1. The number of fused-ring (bicyclic) bond motifs is 1. The zero-order valence-electron chi connectivity index (χ0n) is 17.0. The molecule has 1 atom stereocenters. The van der Waals surface area contributed by atoms with Gasteiger partial charge in [-0.2, -0.15) is 0 Å². The Bertz CT molecular complexity index is 962. The van der Waals surface area contributed by atoms with Crippen molar-refractivity contribution in [1.29, 1.82) is 0 Å². The minimum atomic E-state index is -0.278. The Morgan fingerprint density at radius 1 is 1.30 bits per heavy atom. The fourth-order valence-corrected chi connectivity index (χ4v) is 4.27. The minimum Gasteiger partial charge on any atom is -0.454 e. The molecule has 1 aliphatic carbocycles. The second kappa shape index (κ2) is 7.66. The summed E-state index contributed by atoms with van der Waals surface area (Å²) in [6.45, 7) is 2.56. The van der Waals surface area contributed by atoms with Gasteiger partial charge in [0.1, 0.15) is 0 Å². The first-order valence-electron chi connectivity index (χ1n) is 10.4. The second-order valence-electron chi connectivity index (χ2n) is 8.16. The number of aromatic nitrogens is 1. The molecule has 2 N–H and O–H groups in total. The molecule has 3 aliphatic rings. The van der Waals surface area contributed by atoms with Crippen molar-refractivity contribution in [1.82, 2.24) is 15.6 Å². The van der Waals surface area contributed by atoms with E-state index in [4.69, 9.17) is 9.47 Å². The summed E-state index contributed by atoms with van der Waals surface area (Å²) in [4.78, 5) is 10.6. The summed E-state index contributed by atoms with van der Waals surface area (Å²) in [5, 5.41) is 6.97. The van der Waals surface area contributed by atoms with Crippen molar-refractivity contribution in [3.8, 4) is 11.5 Å². The van der Waals surface area contributed by atoms with Crippen LogP contribution in [0, 0.1) is 5.82 Å². The lowest BCUT2D eigenvalue weighted by atomic mass is 9.95. The van der Waals surface area contributed by atoms with Gasteiger partial charge in [0.15, 0.2) is 29.1 Å². The first-order chi connectivity index (χ1) is 14.7. The smallest absolute Gasteiger partial charge is 0.231 e. The predicted octanol–water partition coefficient (Wildman–Crippen LogP) is 2.42. The van der Waals surface area contributed by atoms with Gasteiger partial charge < -0.3 is 25.0 Å². The standard InChI is InChI=1S/C22H26FN5O2/c1-24-21(27-16-6-10-28(12-16)20-17(23)3-2-9-25-20)26-13-22(7-8-22)15-4-5-18-19(11-15)30-14-29-18/h2-5,9,11,16H,6-8,10,12-14H2,1H3,(H2,24,26,27). The summed E-state index contributed by atoms with van der Waals surface area (Å²) in [6, 6.07) is 9.49. The second-order valence-corrected chi connectivity index (χ2v) is 8.16. The van der Waals surface area contributed by atoms with Crippen LogP contribution in [0.5, 0.6) is 11.5 Å². The molecule has 2 aromatic rings. The van der Waals surface area contributed by atoms with E-state index in [0.717, 1.165) is 49.8 Å². The Labute approximate surface area is 175 Å². The van der Waals surface area contributed by atoms with Gasteiger partial charge in [-0.25, -0.2) is 9.37 Å². The largest absolute Gasteiger partial charge is 0.454 e. The van der Waals surface area contributed by atoms with Crippen LogP contribution in [-0.4, -0.2) is 50.5 Å². The molecule has 8 heteroatoms. The van der Waals surface area contributed by atoms with Crippen molar-refractivity contribution in [2.75, 3.05) is 38.4 Å². The lowest BCUT2D eigenvalue weighted by Gasteiger charge is -2.22. The number of halogens is 1. The summed E-state index contributed by atoms with van der Waals surface area (Å²) in [6.07, 6.45) is 4.80. The molecule has 1 aromatic heterocycles. The molecule has 5 rings (SSSR count). The fourth-order valence-electron chi connectivity index (χ4n) is 4.27. The number of hydrogen-bond acceptors (Lipinski definition) is 5. The summed E-state index contributed by atoms with van der Waals surface area (Å²) in [5.41, 5.74) is 1.38. The van der Waals surface area contributed by atoms with Crippen LogP contribution in [0.4, 0.5) is 10.2 Å². The molecule has 1 saturated heterocycles. The van der Waals surface area contributed by atoms with Gasteiger partial charge in [-0.15, -0.1) is 0 Å². The highest BCUT2D eigenvalue weighted by molar-refractivity contribution is 5.80. The number of anilines is 1. The number of guanidine groups is 1. The van der Waals surface area contributed by atoms with Gasteiger partial charge in [0.25, 0.3) is 0 Å². The highest BCUT2D eigenvalue weighted by atomic mass is 19.1. The third-order valence-corrected chi connectivity index (χ3v) is 6.22. The van der Waals surface area contributed by atoms with Crippen LogP contribution in [0.25, 0.3) is 0 Å². The Morgan fingerprint density at radius 3 is 2.97 bits per heavy atom. The van der Waals surface area contributed by atoms with Crippen molar-refractivity contribution < 1.29 is 13.9 Å². The maximum atomic E-state index is 14.0. The van der Waals surface area contributed by atoms with Crippen LogP contribution >= 0.6 is 0 Å². The van der Waals surface area contributed by atoms with Crippen molar-refractivity contribution in [2.24, 2.45) is 4.99 Å². The highest BCUT2D eigenvalue weighted by Crippen LogP contribution is 2.49. The molecule has 2 fully saturated rings. The van der Waals surface area contributed by atoms with Gasteiger partial charge >= 0.3 is 0 Å². The van der Waals surface area contributed by atoms with E-state index in [-0.39, 0.29) is 17.3 Å². The number of pyridine rings is 1. The van der Waals surface area contributed by atoms with Gasteiger partial charge in [-0.3, -0.25) is 4.99 Å². The Hall–Kier alpha value is -3.03. The highest BCUT2D eigenvalue weighted by Gasteiger charge is 2.45. The predicted molar refractivity (Wildman–Crippen MR) is 113 cm³/mol. The molecule has 3 heterocycles. The number of rotatable bonds is 5. The lowest BCUT2D eigenvalue weighted by Crippen LogP contribution is -2.46. The fraction of sp³-hybridized carbons (Fsp3) is 0.455. The Kier molecular flexibility index (Phi) is 4.84. The van der Waals surface area contributed by atoms with E-state index in [9.17, 15) is 4.39 Å². The molecule has 158 valence electrons. The summed E-state index contributed by atoms with van der Waals surface area (Å²) in [5.74, 6) is 2.56. The van der Waals surface area contributed by atoms with Gasteiger partial charge in [0, 0.05) is 44.3 Å². The van der Waals surface area contributed by atoms with Crippen LogP contribution in [0.2, 0.25) is 0 Å². The molecule has 0 amide bonds. The van der Waals surface area contributed by atoms with Gasteiger partial charge in [0.2, 0.25) is 6.79 Å². The first-order valence-corrected chi connectivity index (χ1v) is 10.4. The van der Waals surface area contributed by atoms with Crippen LogP contribution in [0.1, 0.15) is 24.8 Å². The Balaban J connectivity index is 1.18. The first kappa shape index (κ1) is 19.0. The molecule has 1 unspecified atom stereocenters. The molecule has 2 aliphatic heterocycles. The average molecular weight is 411 g/mol. The summed E-state index contributed by atoms with van der Waals surface area (Å²) >= 11 is 0. The maximum Gasteiger partial charge on any atom is 0.231 e. The minimum absolute atomic E-state index is 0.109. The number of ether oxygens (including phenoxy) is 2. The van der Waals surface area contributed by atoms with Gasteiger partial charge in [-0.1, -0.05) is 6.07 Å². The van der Waals surface area contributed by atoms with Crippen molar-refractivity contribution in [3.63, 3.8) is 0 Å². The maximum absolute atomic E-state index is 14.0. The van der Waals surface area contributed by atoms with Gasteiger partial charge in [0.05, 0.1) is 0 Å². The van der Waals surface area contributed by atoms with E-state index in [1.807, 2.05) is 11.0 Å². The quantitative estimate of drug-likeness (QED) is 0.582. The molecule has 30 heavy (non-hydrogen) atoms. The molecule has 7 nitrogen and oxygen atoms in total. The van der Waals surface area contributed by atoms with Crippen molar-refractivity contribution in [3.05, 3.63) is 47.9 Å². The van der Waals surface area contributed by atoms with E-state index < -0.39 is 0 Å². The third-order valence-electron chi connectivity index (χ3n) is 6.22. The molecule has 0 spiro atoms. The number of nitrogens with one attached hydrogen (secondary N) is 2. The zero-order chi connectivity index (χ0) is 20.6. The monoisotopic (exact) mass is 411 g/mol. The molecular weight excluding hydrogens is 385 g/mol. The zero-order valence-corrected chi connectivity index (χ0v) is 17.0. The van der Waals surface area contributed by atoms with E-state index in [0.29, 0.717) is 19.2 Å². The normalized spacial score (nSPS) is 21.6. The van der Waals surface area contributed by atoms with Crippen LogP contribution in [-0.2, 0) is 5.41 Å². The number of aliphatic imine (C=N–C) groups is 1. The van der Waals surface area contributed by atoms with E-state index in [1.165, 1.54) is 11.6 Å². The molecule has 1 aromatic carbocycles. The number of hydrogen-bond donors (Lipinski definition) is 2. The molecular formula is C22H26FN5O2. The van der Waals surface area contributed by atoms with Crippen LogP contribution in [0.15, 0.2) is 41.5 Å². The topological polar surface area (TPSA) is 71.0 Å². The Morgan fingerprint density at radius 2 is 2.17 bits per heavy atom. The molecule has 0 bridgehead atoms. The van der Waals surface area contributed by atoms with Crippen molar-refractivity contribution >= 4 is 11.8 Å². The van der Waals surface area contributed by atoms with Crippen molar-refractivity contribution in [2.45, 2.75) is 30.7 Å². The molecule has 1 saturated carbocycles. The SMILES string of the molecule is CN=C(NCC1(c2ccc3c(c2)OCO3)CC1)NC1CCN(c2ncccc2F)C1. The van der Waals surface area contributed by atoms with Crippen LogP contribution < -0.4 is 25.0 Å². The third kappa shape index (κ3) is 3.62. The number of nitrogens with zero attached hydrogens (tertiary/aromatic N) is 3. The summed E-state index contributed by atoms with van der Waals surface area (Å²) < 4.78 is 25.0. The van der Waals surface area contributed by atoms with E-state index in [1.54, 1.807) is 19.3 Å². The van der Waals surface area contributed by atoms with E-state index in [2.05, 4.69) is 32.7 Å². The van der Waals surface area contributed by atoms with Crippen LogP contribution in [0.3, 0.4) is 0 Å². The average Bonchev–Trinajstić information content (AvgIpc) is 3.18.